The number of hydrogen-bond donors (Lipinski definition) is 4. The Morgan fingerprint density at radius 3 is 2.38 bits per heavy atom. The molecule has 0 saturated heterocycles. The minimum Gasteiger partial charge on any atom is -0.453 e. The van der Waals surface area contributed by atoms with Crippen LogP contribution in [0.15, 0.2) is 35.4 Å². The van der Waals surface area contributed by atoms with E-state index in [1.807, 2.05) is 0 Å². The molecule has 254 valence electrons. The average Bonchev–Trinajstić information content (AvgIpc) is 3.70. The molecule has 47 heavy (non-hydrogen) atoms. The number of carbonyl (C=O) groups excluding carboxylic acids is 1. The fourth-order valence-corrected chi connectivity index (χ4v) is 6.09. The minimum atomic E-state index is -6.15. The summed E-state index contributed by atoms with van der Waals surface area (Å²) in [5, 5.41) is 25.3. The molecule has 1 aliphatic rings. The van der Waals surface area contributed by atoms with Gasteiger partial charge < -0.3 is 25.6 Å². The summed E-state index contributed by atoms with van der Waals surface area (Å²) < 4.78 is 120. The zero-order valence-electron chi connectivity index (χ0n) is 28.6. The van der Waals surface area contributed by atoms with Crippen LogP contribution in [0, 0.1) is 0 Å². The van der Waals surface area contributed by atoms with Crippen molar-refractivity contribution in [3.8, 4) is 10.7 Å². The van der Waals surface area contributed by atoms with E-state index in [1.165, 1.54) is 32.0 Å². The Labute approximate surface area is 271 Å². The summed E-state index contributed by atoms with van der Waals surface area (Å²) in [5.41, 5.74) is -8.06. The number of imidazole rings is 1. The summed E-state index contributed by atoms with van der Waals surface area (Å²) in [5.74, 6) is -0.205. The van der Waals surface area contributed by atoms with Crippen LogP contribution in [0.3, 0.4) is 0 Å². The molecule has 1 amide bonds. The van der Waals surface area contributed by atoms with Crippen molar-refractivity contribution in [3.05, 3.63) is 51.5 Å². The van der Waals surface area contributed by atoms with Gasteiger partial charge in [-0.1, -0.05) is 0 Å². The minimum absolute atomic E-state index is 0.0583. The van der Waals surface area contributed by atoms with Crippen LogP contribution in [0.5, 0.6) is 0 Å². The molecule has 1 saturated carbocycles. The van der Waals surface area contributed by atoms with E-state index in [2.05, 4.69) is 30.3 Å². The topological polar surface area (TPSA) is 156 Å². The Morgan fingerprint density at radius 2 is 1.77 bits per heavy atom. The molecule has 0 aliphatic heterocycles. The Balaban J connectivity index is 1.59. The zero-order chi connectivity index (χ0) is 38.1. The van der Waals surface area contributed by atoms with Gasteiger partial charge in [-0.05, 0) is 50.8 Å². The van der Waals surface area contributed by atoms with E-state index in [4.69, 9.17) is 5.48 Å². The molecular weight excluding hydrogens is 660 g/mol. The van der Waals surface area contributed by atoms with Gasteiger partial charge in [0.05, 0.1) is 36.2 Å². The number of thiazole rings is 1. The van der Waals surface area contributed by atoms with Crippen molar-refractivity contribution in [2.24, 2.45) is 6.98 Å². The highest BCUT2D eigenvalue weighted by molar-refractivity contribution is 7.15. The summed E-state index contributed by atoms with van der Waals surface area (Å²) in [6.45, 7) is -0.260. The van der Waals surface area contributed by atoms with Gasteiger partial charge in [-0.3, -0.25) is 9.13 Å². The number of hydrogen-bond acceptors (Lipinski definition) is 10. The Bertz CT molecular complexity index is 2030. The Kier molecular flexibility index (Phi) is 7.26. The number of aliphatic hydroxyl groups is 2. The number of ether oxygens (including phenoxy) is 1. The maximum absolute atomic E-state index is 13.6. The second-order valence-electron chi connectivity index (χ2n) is 11.2. The highest BCUT2D eigenvalue weighted by Crippen LogP contribution is 2.52. The fraction of sp³-hybridized carbons (Fsp3) is 0.464. The second kappa shape index (κ2) is 11.8. The van der Waals surface area contributed by atoms with Gasteiger partial charge in [-0.15, -0.1) is 11.3 Å². The van der Waals surface area contributed by atoms with Crippen molar-refractivity contribution in [1.29, 1.82) is 0 Å². The number of methoxy groups -OCH3 is 1. The maximum Gasteiger partial charge on any atom is 0.431 e. The molecule has 4 aromatic heterocycles. The number of nitrogens with one attached hydrogen (secondary N) is 2. The molecule has 4 aromatic rings. The van der Waals surface area contributed by atoms with Crippen molar-refractivity contribution >= 4 is 40.1 Å². The molecular formula is C28H29F6N7O5S. The first-order valence-corrected chi connectivity index (χ1v) is 14.4. The number of carbonyl (C=O) groups is 1. The van der Waals surface area contributed by atoms with Gasteiger partial charge in [0.15, 0.2) is 0 Å². The Hall–Kier alpha value is -4.23. The zero-order valence-corrected chi connectivity index (χ0v) is 25.4. The lowest BCUT2D eigenvalue weighted by Gasteiger charge is -2.30. The number of alkyl halides is 6. The van der Waals surface area contributed by atoms with Gasteiger partial charge in [0, 0.05) is 35.4 Å². The SMILES string of the molecule is [2H]C([2H])([2H])n1c(=O)n([C@@H]2CC[C@@]([2H])(NC(=O)OC)C2)c2cc(Nc3cc(C(C)(C)O)cc(-c4ncc(C(O)(C(F)(F)F)C(F)(F)F)s4)n3)ncc21. The van der Waals surface area contributed by atoms with Gasteiger partial charge in [0.2, 0.25) is 0 Å². The van der Waals surface area contributed by atoms with Crippen LogP contribution in [0.4, 0.5) is 42.8 Å². The van der Waals surface area contributed by atoms with Crippen molar-refractivity contribution in [2.45, 2.75) is 68.7 Å². The van der Waals surface area contributed by atoms with E-state index >= 15 is 0 Å². The molecule has 19 heteroatoms. The fourth-order valence-electron chi connectivity index (χ4n) is 5.09. The standard InChI is InChI=1S/C28H29F6N7O5S/c1-25(2,44)13-7-16(22-36-12-19(47-22)26(45,27(29,30)31)28(32,33)34)38-21(8-13)39-20-10-17-18(11-35-20)40(3)24(43)41(17)15-6-5-14(9-15)37-23(42)46-4/h7-8,10-12,14-15,44-45H,5-6,9H2,1-4H3,(H,37,42)(H,35,38,39)/t14-,15-/m1/s1/i3D3,14D. The molecule has 0 radical (unpaired) electrons. The number of halogens is 6. The van der Waals surface area contributed by atoms with Crippen LogP contribution in [-0.2, 0) is 22.9 Å². The number of fused-ring (bicyclic) bond motifs is 1. The first-order chi connectivity index (χ1) is 23.3. The van der Waals surface area contributed by atoms with Gasteiger partial charge in [-0.2, -0.15) is 26.3 Å². The van der Waals surface area contributed by atoms with E-state index in [-0.39, 0.29) is 70.7 Å². The van der Waals surface area contributed by atoms with Gasteiger partial charge >= 0.3 is 24.1 Å². The van der Waals surface area contributed by atoms with Gasteiger partial charge in [0.25, 0.3) is 5.60 Å². The average molecular weight is 694 g/mol. The molecule has 4 N–H and O–H groups in total. The molecule has 5 rings (SSSR count). The van der Waals surface area contributed by atoms with Gasteiger partial charge in [-0.25, -0.2) is 24.5 Å². The lowest BCUT2D eigenvalue weighted by atomic mass is 9.98. The normalized spacial score (nSPS) is 20.8. The smallest absolute Gasteiger partial charge is 0.431 e. The summed E-state index contributed by atoms with van der Waals surface area (Å²) in [4.78, 5) is 35.9. The monoisotopic (exact) mass is 693 g/mol. The highest BCUT2D eigenvalue weighted by Gasteiger charge is 2.72. The molecule has 0 unspecified atom stereocenters. The van der Waals surface area contributed by atoms with Crippen molar-refractivity contribution in [3.63, 3.8) is 0 Å². The predicted octanol–water partition coefficient (Wildman–Crippen LogP) is 4.99. The van der Waals surface area contributed by atoms with Crippen LogP contribution >= 0.6 is 11.3 Å². The van der Waals surface area contributed by atoms with E-state index in [0.29, 0.717) is 4.57 Å². The van der Waals surface area contributed by atoms with Crippen LogP contribution in [0.1, 0.15) is 55.1 Å². The van der Waals surface area contributed by atoms with Crippen LogP contribution in [-0.4, -0.2) is 65.9 Å². The van der Waals surface area contributed by atoms with Crippen LogP contribution in [0.2, 0.25) is 0 Å². The predicted molar refractivity (Wildman–Crippen MR) is 157 cm³/mol. The lowest BCUT2D eigenvalue weighted by Crippen LogP contribution is -2.53. The third-order valence-electron chi connectivity index (χ3n) is 7.54. The van der Waals surface area contributed by atoms with Crippen LogP contribution < -0.4 is 16.3 Å². The first kappa shape index (κ1) is 29.0. The molecule has 4 heterocycles. The summed E-state index contributed by atoms with van der Waals surface area (Å²) in [6, 6.07) is 1.47. The number of amides is 1. The first-order valence-electron chi connectivity index (χ1n) is 15.6. The number of aryl methyl sites for hydroxylation is 1. The summed E-state index contributed by atoms with van der Waals surface area (Å²) in [7, 11) is 1.12. The number of nitrogens with zero attached hydrogens (tertiary/aromatic N) is 5. The Morgan fingerprint density at radius 1 is 1.06 bits per heavy atom. The molecule has 1 aliphatic carbocycles. The number of rotatable bonds is 7. The van der Waals surface area contributed by atoms with Crippen molar-refractivity contribution in [1.82, 2.24) is 29.4 Å². The third kappa shape index (κ3) is 6.26. The molecule has 0 bridgehead atoms. The van der Waals surface area contributed by atoms with Gasteiger partial charge in [0.1, 0.15) is 22.3 Å². The summed E-state index contributed by atoms with van der Waals surface area (Å²) in [6.07, 6.45) is -11.7. The number of anilines is 2. The maximum atomic E-state index is 13.6. The number of aromatic nitrogens is 5. The number of pyridine rings is 2. The van der Waals surface area contributed by atoms with E-state index < -0.39 is 64.3 Å². The van der Waals surface area contributed by atoms with Crippen molar-refractivity contribution < 1.29 is 51.6 Å². The molecule has 1 fully saturated rings. The molecule has 2 atom stereocenters. The van der Waals surface area contributed by atoms with E-state index in [1.54, 1.807) is 0 Å². The van der Waals surface area contributed by atoms with E-state index in [9.17, 15) is 46.1 Å². The molecule has 0 aromatic carbocycles. The van der Waals surface area contributed by atoms with Crippen LogP contribution in [0.25, 0.3) is 21.7 Å². The van der Waals surface area contributed by atoms with E-state index in [0.717, 1.165) is 17.9 Å². The third-order valence-corrected chi connectivity index (χ3v) is 8.67. The largest absolute Gasteiger partial charge is 0.453 e. The quantitative estimate of drug-likeness (QED) is 0.196. The summed E-state index contributed by atoms with van der Waals surface area (Å²) >= 11 is -0.122. The highest BCUT2D eigenvalue weighted by atomic mass is 32.1. The number of alkyl carbamates (subject to hydrolysis) is 1. The van der Waals surface area contributed by atoms with Crippen molar-refractivity contribution in [2.75, 3.05) is 12.4 Å². The lowest BCUT2D eigenvalue weighted by molar-refractivity contribution is -0.375. The second-order valence-corrected chi connectivity index (χ2v) is 12.2. The molecule has 12 nitrogen and oxygen atoms in total. The molecule has 0 spiro atoms.